The number of nitrogens with zero attached hydrogens (tertiary/aromatic N) is 3. The molecule has 2 heterocycles. The van der Waals surface area contributed by atoms with E-state index < -0.39 is 0 Å². The maximum absolute atomic E-state index is 6.35. The molecule has 6 heteroatoms. The van der Waals surface area contributed by atoms with Gasteiger partial charge in [0.2, 0.25) is 0 Å². The highest BCUT2D eigenvalue weighted by molar-refractivity contribution is 6.30. The third-order valence-electron chi connectivity index (χ3n) is 5.84. The van der Waals surface area contributed by atoms with Crippen molar-refractivity contribution in [1.82, 2.24) is 14.8 Å². The zero-order valence-corrected chi connectivity index (χ0v) is 19.7. The molecule has 3 aromatic rings. The summed E-state index contributed by atoms with van der Waals surface area (Å²) >= 11 is 12.2. The van der Waals surface area contributed by atoms with Gasteiger partial charge >= 0.3 is 0 Å². The van der Waals surface area contributed by atoms with E-state index in [1.165, 1.54) is 5.56 Å². The van der Waals surface area contributed by atoms with Crippen LogP contribution in [-0.2, 0) is 11.3 Å². The van der Waals surface area contributed by atoms with E-state index in [1.807, 2.05) is 67.0 Å². The van der Waals surface area contributed by atoms with E-state index in [0.29, 0.717) is 6.61 Å². The normalized spacial score (nSPS) is 15.3. The van der Waals surface area contributed by atoms with Gasteiger partial charge in [-0.05, 0) is 53.4 Å². The van der Waals surface area contributed by atoms with Crippen molar-refractivity contribution in [2.45, 2.75) is 19.1 Å². The molecule has 0 saturated carbocycles. The van der Waals surface area contributed by atoms with Gasteiger partial charge in [0.05, 0.1) is 0 Å². The highest BCUT2D eigenvalue weighted by Crippen LogP contribution is 2.28. The molecule has 168 valence electrons. The molecule has 1 saturated heterocycles. The standard InChI is InChI=1S/C26H29Cl2N3O/c27-24-8-4-22(5-9-24)26(23-6-10-25(28)11-7-23)32-18-2-13-30-14-16-31(17-15-30)20-21-3-1-12-29-19-21/h1,3-12,19,26H,2,13-18,20H2. The Morgan fingerprint density at radius 3 is 1.97 bits per heavy atom. The number of hydrogen-bond donors (Lipinski definition) is 0. The molecule has 0 bridgehead atoms. The molecule has 0 N–H and O–H groups in total. The van der Waals surface area contributed by atoms with Crippen LogP contribution in [0.1, 0.15) is 29.2 Å². The Morgan fingerprint density at radius 1 is 0.812 bits per heavy atom. The lowest BCUT2D eigenvalue weighted by Gasteiger charge is -2.34. The van der Waals surface area contributed by atoms with Crippen LogP contribution >= 0.6 is 23.2 Å². The summed E-state index contributed by atoms with van der Waals surface area (Å²) in [5.74, 6) is 0. The smallest absolute Gasteiger partial charge is 0.108 e. The van der Waals surface area contributed by atoms with Crippen molar-refractivity contribution in [3.05, 3.63) is 99.8 Å². The number of aromatic nitrogens is 1. The van der Waals surface area contributed by atoms with E-state index in [4.69, 9.17) is 27.9 Å². The topological polar surface area (TPSA) is 28.6 Å². The van der Waals surface area contributed by atoms with Crippen LogP contribution in [0.15, 0.2) is 73.1 Å². The first-order valence-corrected chi connectivity index (χ1v) is 11.9. The molecule has 1 aliphatic heterocycles. The van der Waals surface area contributed by atoms with E-state index in [1.54, 1.807) is 0 Å². The SMILES string of the molecule is Clc1ccc(C(OCCCN2CCN(Cc3cccnc3)CC2)c2ccc(Cl)cc2)cc1. The Morgan fingerprint density at radius 2 is 1.41 bits per heavy atom. The monoisotopic (exact) mass is 469 g/mol. The molecule has 0 amide bonds. The fraction of sp³-hybridized carbons (Fsp3) is 0.346. The molecular formula is C26H29Cl2N3O. The summed E-state index contributed by atoms with van der Waals surface area (Å²) in [4.78, 5) is 9.25. The third-order valence-corrected chi connectivity index (χ3v) is 6.35. The van der Waals surface area contributed by atoms with Crippen LogP contribution in [0.5, 0.6) is 0 Å². The predicted octanol–water partition coefficient (Wildman–Crippen LogP) is 5.70. The fourth-order valence-corrected chi connectivity index (χ4v) is 4.32. The van der Waals surface area contributed by atoms with Gasteiger partial charge in [0.25, 0.3) is 0 Å². The highest BCUT2D eigenvalue weighted by atomic mass is 35.5. The molecule has 2 aromatic carbocycles. The average Bonchev–Trinajstić information content (AvgIpc) is 2.82. The second kappa shape index (κ2) is 11.8. The zero-order chi connectivity index (χ0) is 22.2. The number of hydrogen-bond acceptors (Lipinski definition) is 4. The van der Waals surface area contributed by atoms with Crippen LogP contribution < -0.4 is 0 Å². The summed E-state index contributed by atoms with van der Waals surface area (Å²) in [6.45, 7) is 7.10. The molecule has 1 aliphatic rings. The van der Waals surface area contributed by atoms with E-state index in [-0.39, 0.29) is 6.10 Å². The molecule has 0 atom stereocenters. The minimum Gasteiger partial charge on any atom is -0.369 e. The zero-order valence-electron chi connectivity index (χ0n) is 18.2. The van der Waals surface area contributed by atoms with Crippen molar-refractivity contribution in [3.63, 3.8) is 0 Å². The Labute approximate surface area is 200 Å². The lowest BCUT2D eigenvalue weighted by Crippen LogP contribution is -2.46. The van der Waals surface area contributed by atoms with Gasteiger partial charge in [-0.25, -0.2) is 0 Å². The predicted molar refractivity (Wildman–Crippen MR) is 131 cm³/mol. The van der Waals surface area contributed by atoms with Gasteiger partial charge < -0.3 is 9.64 Å². The molecule has 1 aromatic heterocycles. The summed E-state index contributed by atoms with van der Waals surface area (Å²) in [6, 6.07) is 19.9. The second-order valence-corrected chi connectivity index (χ2v) is 9.06. The molecule has 32 heavy (non-hydrogen) atoms. The molecule has 0 spiro atoms. The molecule has 4 rings (SSSR count). The number of rotatable bonds is 9. The van der Waals surface area contributed by atoms with Gasteiger partial charge in [0.15, 0.2) is 0 Å². The summed E-state index contributed by atoms with van der Waals surface area (Å²) in [7, 11) is 0. The quantitative estimate of drug-likeness (QED) is 0.375. The highest BCUT2D eigenvalue weighted by Gasteiger charge is 2.18. The average molecular weight is 470 g/mol. The largest absolute Gasteiger partial charge is 0.369 e. The van der Waals surface area contributed by atoms with Crippen molar-refractivity contribution in [2.75, 3.05) is 39.3 Å². The van der Waals surface area contributed by atoms with Gasteiger partial charge in [-0.2, -0.15) is 0 Å². The molecule has 4 nitrogen and oxygen atoms in total. The number of ether oxygens (including phenoxy) is 1. The summed E-state index contributed by atoms with van der Waals surface area (Å²) in [5, 5.41) is 1.46. The minimum atomic E-state index is -0.124. The van der Waals surface area contributed by atoms with Gasteiger partial charge in [0.1, 0.15) is 6.10 Å². The van der Waals surface area contributed by atoms with Crippen LogP contribution in [0.2, 0.25) is 10.0 Å². The van der Waals surface area contributed by atoms with Crippen LogP contribution in [0.25, 0.3) is 0 Å². The summed E-state index contributed by atoms with van der Waals surface area (Å²) in [5.41, 5.74) is 3.48. The van der Waals surface area contributed by atoms with Crippen molar-refractivity contribution < 1.29 is 4.74 Å². The van der Waals surface area contributed by atoms with Crippen molar-refractivity contribution >= 4 is 23.2 Å². The third kappa shape index (κ3) is 6.77. The van der Waals surface area contributed by atoms with Gasteiger partial charge in [-0.1, -0.05) is 53.5 Å². The van der Waals surface area contributed by atoms with Gasteiger partial charge in [-0.15, -0.1) is 0 Å². The van der Waals surface area contributed by atoms with Crippen LogP contribution in [-0.4, -0.2) is 54.1 Å². The first-order chi connectivity index (χ1) is 15.7. The minimum absolute atomic E-state index is 0.124. The number of benzene rings is 2. The number of pyridine rings is 1. The molecule has 1 fully saturated rings. The van der Waals surface area contributed by atoms with Crippen LogP contribution in [0.4, 0.5) is 0 Å². The molecular weight excluding hydrogens is 441 g/mol. The summed E-state index contributed by atoms with van der Waals surface area (Å²) in [6.07, 6.45) is 4.66. The van der Waals surface area contributed by atoms with Crippen molar-refractivity contribution in [3.8, 4) is 0 Å². The van der Waals surface area contributed by atoms with Gasteiger partial charge in [0, 0.05) is 68.3 Å². The van der Waals surface area contributed by atoms with Crippen molar-refractivity contribution in [2.24, 2.45) is 0 Å². The van der Waals surface area contributed by atoms with E-state index in [0.717, 1.165) is 66.9 Å². The maximum atomic E-state index is 6.35. The summed E-state index contributed by atoms with van der Waals surface area (Å²) < 4.78 is 6.35. The van der Waals surface area contributed by atoms with Crippen LogP contribution in [0.3, 0.4) is 0 Å². The molecule has 0 aliphatic carbocycles. The maximum Gasteiger partial charge on any atom is 0.108 e. The molecule has 0 radical (unpaired) electrons. The Kier molecular flexibility index (Phi) is 8.55. The van der Waals surface area contributed by atoms with E-state index >= 15 is 0 Å². The van der Waals surface area contributed by atoms with Gasteiger partial charge in [-0.3, -0.25) is 9.88 Å². The Balaban J connectivity index is 1.24. The number of piperazine rings is 1. The fourth-order valence-electron chi connectivity index (χ4n) is 4.07. The van der Waals surface area contributed by atoms with Crippen LogP contribution in [0, 0.1) is 0 Å². The Hall–Kier alpha value is -1.95. The van der Waals surface area contributed by atoms with E-state index in [2.05, 4.69) is 20.9 Å². The van der Waals surface area contributed by atoms with Crippen molar-refractivity contribution in [1.29, 1.82) is 0 Å². The first kappa shape index (κ1) is 23.2. The Bertz CT molecular complexity index is 898. The molecule has 0 unspecified atom stereocenters. The van der Waals surface area contributed by atoms with E-state index in [9.17, 15) is 0 Å². The number of halogens is 2. The lowest BCUT2D eigenvalue weighted by atomic mass is 10.0. The lowest BCUT2D eigenvalue weighted by molar-refractivity contribution is 0.0638. The first-order valence-electron chi connectivity index (χ1n) is 11.1. The second-order valence-electron chi connectivity index (χ2n) is 8.19.